The van der Waals surface area contributed by atoms with E-state index in [1.807, 2.05) is 6.07 Å². The van der Waals surface area contributed by atoms with Gasteiger partial charge in [-0.1, -0.05) is 6.08 Å². The van der Waals surface area contributed by atoms with Gasteiger partial charge in [-0.3, -0.25) is 4.79 Å². The van der Waals surface area contributed by atoms with E-state index >= 15 is 0 Å². The highest BCUT2D eigenvalue weighted by atomic mass is 16.2. The first-order valence-electron chi connectivity index (χ1n) is 4.72. The monoisotopic (exact) mass is 176 g/mol. The fourth-order valence-corrected chi connectivity index (χ4v) is 2.07. The molecule has 1 N–H and O–H groups in total. The summed E-state index contributed by atoms with van der Waals surface area (Å²) in [6.45, 7) is 0. The standard InChI is InChI=1S/C10H12N2O/c11-6-8-5-7-3-1-2-4-9(7)12-10(8)13/h4,7-8H,1-3,5H2,(H,12,13). The summed E-state index contributed by atoms with van der Waals surface area (Å²) in [4.78, 5) is 11.3. The SMILES string of the molecule is N#CC1CC2CCCC=C2NC1=O. The maximum atomic E-state index is 11.3. The minimum absolute atomic E-state index is 0.119. The predicted molar refractivity (Wildman–Crippen MR) is 47.3 cm³/mol. The van der Waals surface area contributed by atoms with Crippen molar-refractivity contribution in [2.24, 2.45) is 11.8 Å². The molecule has 2 atom stereocenters. The Kier molecular flexibility index (Phi) is 2.05. The van der Waals surface area contributed by atoms with Crippen LogP contribution in [0.2, 0.25) is 0 Å². The predicted octanol–water partition coefficient (Wildman–Crippen LogP) is 1.33. The Morgan fingerprint density at radius 3 is 3.23 bits per heavy atom. The molecule has 1 aliphatic heterocycles. The average Bonchev–Trinajstić information content (AvgIpc) is 2.17. The highest BCUT2D eigenvalue weighted by Gasteiger charge is 2.32. The largest absolute Gasteiger partial charge is 0.329 e. The molecule has 0 saturated carbocycles. The van der Waals surface area contributed by atoms with Gasteiger partial charge in [-0.05, 0) is 25.7 Å². The maximum Gasteiger partial charge on any atom is 0.241 e. The Hall–Kier alpha value is -1.30. The van der Waals surface area contributed by atoms with Crippen LogP contribution in [0, 0.1) is 23.2 Å². The lowest BCUT2D eigenvalue weighted by Gasteiger charge is -2.31. The molecular formula is C10H12N2O. The van der Waals surface area contributed by atoms with Gasteiger partial charge in [0, 0.05) is 11.6 Å². The van der Waals surface area contributed by atoms with Crippen LogP contribution in [-0.4, -0.2) is 5.91 Å². The van der Waals surface area contributed by atoms with E-state index in [0.29, 0.717) is 12.3 Å². The molecule has 0 aromatic carbocycles. The number of carbonyl (C=O) groups excluding carboxylic acids is 1. The van der Waals surface area contributed by atoms with Crippen LogP contribution in [0.5, 0.6) is 0 Å². The number of carbonyl (C=O) groups is 1. The number of hydrogen-bond donors (Lipinski definition) is 1. The molecule has 3 heteroatoms. The summed E-state index contributed by atoms with van der Waals surface area (Å²) in [5, 5.41) is 11.5. The van der Waals surface area contributed by atoms with Gasteiger partial charge < -0.3 is 5.32 Å². The Morgan fingerprint density at radius 1 is 1.62 bits per heavy atom. The summed E-state index contributed by atoms with van der Waals surface area (Å²) in [5.41, 5.74) is 1.06. The van der Waals surface area contributed by atoms with Crippen LogP contribution in [0.1, 0.15) is 25.7 Å². The zero-order valence-corrected chi connectivity index (χ0v) is 7.42. The van der Waals surface area contributed by atoms with Crippen LogP contribution in [0.15, 0.2) is 11.8 Å². The van der Waals surface area contributed by atoms with E-state index in [0.717, 1.165) is 18.5 Å². The van der Waals surface area contributed by atoms with Crippen molar-refractivity contribution in [3.8, 4) is 6.07 Å². The van der Waals surface area contributed by atoms with Crippen molar-refractivity contribution >= 4 is 5.91 Å². The quantitative estimate of drug-likeness (QED) is 0.605. The number of fused-ring (bicyclic) bond motifs is 1. The molecule has 0 spiro atoms. The summed E-state index contributed by atoms with van der Waals surface area (Å²) >= 11 is 0. The second-order valence-electron chi connectivity index (χ2n) is 3.69. The molecule has 1 heterocycles. The fourth-order valence-electron chi connectivity index (χ4n) is 2.07. The van der Waals surface area contributed by atoms with Crippen molar-refractivity contribution < 1.29 is 4.79 Å². The van der Waals surface area contributed by atoms with Crippen LogP contribution >= 0.6 is 0 Å². The lowest BCUT2D eigenvalue weighted by Crippen LogP contribution is -2.40. The average molecular weight is 176 g/mol. The fraction of sp³-hybridized carbons (Fsp3) is 0.600. The van der Waals surface area contributed by atoms with E-state index < -0.39 is 5.92 Å². The van der Waals surface area contributed by atoms with E-state index in [9.17, 15) is 4.79 Å². The smallest absolute Gasteiger partial charge is 0.241 e. The minimum atomic E-state index is -0.430. The van der Waals surface area contributed by atoms with Gasteiger partial charge in [0.2, 0.25) is 5.91 Å². The van der Waals surface area contributed by atoms with Gasteiger partial charge in [0.1, 0.15) is 5.92 Å². The van der Waals surface area contributed by atoms with E-state index in [4.69, 9.17) is 5.26 Å². The number of nitriles is 1. The number of rotatable bonds is 0. The molecule has 0 radical (unpaired) electrons. The molecular weight excluding hydrogens is 164 g/mol. The lowest BCUT2D eigenvalue weighted by molar-refractivity contribution is -0.124. The summed E-state index contributed by atoms with van der Waals surface area (Å²) in [5.74, 6) is -0.122. The van der Waals surface area contributed by atoms with E-state index in [-0.39, 0.29) is 5.91 Å². The topological polar surface area (TPSA) is 52.9 Å². The molecule has 68 valence electrons. The molecule has 1 saturated heterocycles. The summed E-state index contributed by atoms with van der Waals surface area (Å²) in [7, 11) is 0. The van der Waals surface area contributed by atoms with Crippen LogP contribution in [0.3, 0.4) is 0 Å². The number of allylic oxidation sites excluding steroid dienone is 2. The van der Waals surface area contributed by atoms with Gasteiger partial charge in [0.05, 0.1) is 6.07 Å². The molecule has 1 fully saturated rings. The third-order valence-electron chi connectivity index (χ3n) is 2.82. The Morgan fingerprint density at radius 2 is 2.46 bits per heavy atom. The molecule has 13 heavy (non-hydrogen) atoms. The molecule has 0 aromatic rings. The van der Waals surface area contributed by atoms with Crippen LogP contribution in [0.25, 0.3) is 0 Å². The van der Waals surface area contributed by atoms with E-state index in [2.05, 4.69) is 11.4 Å². The van der Waals surface area contributed by atoms with Gasteiger partial charge in [-0.25, -0.2) is 0 Å². The van der Waals surface area contributed by atoms with E-state index in [1.165, 1.54) is 6.42 Å². The first-order valence-corrected chi connectivity index (χ1v) is 4.72. The first kappa shape index (κ1) is 8.31. The third kappa shape index (κ3) is 1.44. The van der Waals surface area contributed by atoms with Gasteiger partial charge in [0.15, 0.2) is 0 Å². The minimum Gasteiger partial charge on any atom is -0.329 e. The zero-order chi connectivity index (χ0) is 9.26. The Bertz CT molecular complexity index is 301. The molecule has 2 unspecified atom stereocenters. The highest BCUT2D eigenvalue weighted by Crippen LogP contribution is 2.32. The van der Waals surface area contributed by atoms with Crippen molar-refractivity contribution in [1.82, 2.24) is 5.32 Å². The van der Waals surface area contributed by atoms with Gasteiger partial charge in [-0.2, -0.15) is 5.26 Å². The molecule has 0 aromatic heterocycles. The molecule has 1 amide bonds. The molecule has 3 nitrogen and oxygen atoms in total. The molecule has 1 aliphatic carbocycles. The normalized spacial score (nSPS) is 32.5. The van der Waals surface area contributed by atoms with Crippen molar-refractivity contribution in [2.75, 3.05) is 0 Å². The third-order valence-corrected chi connectivity index (χ3v) is 2.82. The highest BCUT2D eigenvalue weighted by molar-refractivity contribution is 5.83. The number of piperidine rings is 1. The van der Waals surface area contributed by atoms with Gasteiger partial charge in [0.25, 0.3) is 0 Å². The summed E-state index contributed by atoms with van der Waals surface area (Å²) in [6.07, 6.45) is 6.17. The van der Waals surface area contributed by atoms with Crippen LogP contribution in [-0.2, 0) is 4.79 Å². The molecule has 0 bridgehead atoms. The summed E-state index contributed by atoms with van der Waals surface area (Å²) in [6, 6.07) is 2.05. The maximum absolute atomic E-state index is 11.3. The lowest BCUT2D eigenvalue weighted by atomic mass is 9.81. The van der Waals surface area contributed by atoms with Crippen LogP contribution in [0.4, 0.5) is 0 Å². The van der Waals surface area contributed by atoms with Crippen LogP contribution < -0.4 is 5.32 Å². The zero-order valence-electron chi connectivity index (χ0n) is 7.42. The molecule has 2 aliphatic rings. The summed E-state index contributed by atoms with van der Waals surface area (Å²) < 4.78 is 0. The van der Waals surface area contributed by atoms with Crippen molar-refractivity contribution in [3.05, 3.63) is 11.8 Å². The second-order valence-corrected chi connectivity index (χ2v) is 3.69. The number of amides is 1. The Balaban J connectivity index is 2.17. The van der Waals surface area contributed by atoms with E-state index in [1.54, 1.807) is 0 Å². The second kappa shape index (κ2) is 3.21. The van der Waals surface area contributed by atoms with Gasteiger partial charge >= 0.3 is 0 Å². The number of nitrogens with one attached hydrogen (secondary N) is 1. The van der Waals surface area contributed by atoms with Crippen molar-refractivity contribution in [1.29, 1.82) is 5.26 Å². The molecule has 2 rings (SSSR count). The number of hydrogen-bond acceptors (Lipinski definition) is 2. The number of nitrogens with zero attached hydrogens (tertiary/aromatic N) is 1. The Labute approximate surface area is 77.4 Å². The van der Waals surface area contributed by atoms with Gasteiger partial charge in [-0.15, -0.1) is 0 Å². The van der Waals surface area contributed by atoms with Crippen molar-refractivity contribution in [3.63, 3.8) is 0 Å². The van der Waals surface area contributed by atoms with Crippen molar-refractivity contribution in [2.45, 2.75) is 25.7 Å². The first-order chi connectivity index (χ1) is 6.31.